The summed E-state index contributed by atoms with van der Waals surface area (Å²) in [5, 5.41) is 2.75. The first-order chi connectivity index (χ1) is 12.5. The molecule has 0 aliphatic carbocycles. The summed E-state index contributed by atoms with van der Waals surface area (Å²) in [7, 11) is -0.517. The monoisotopic (exact) mass is 384 g/mol. The highest BCUT2D eigenvalue weighted by Crippen LogP contribution is 2.30. The Hall–Kier alpha value is -1.64. The zero-order chi connectivity index (χ0) is 19.0. The molecule has 1 fully saturated rings. The lowest BCUT2D eigenvalue weighted by Gasteiger charge is -2.21. The number of carbonyl (C=O) groups is 1. The van der Waals surface area contributed by atoms with Gasteiger partial charge in [0.15, 0.2) is 0 Å². The molecule has 1 N–H and O–H groups in total. The second kappa shape index (κ2) is 9.89. The van der Waals surface area contributed by atoms with Crippen LogP contribution < -0.4 is 10.1 Å². The van der Waals surface area contributed by atoms with Gasteiger partial charge in [-0.2, -0.15) is 4.31 Å². The molecule has 1 saturated heterocycles. The predicted molar refractivity (Wildman–Crippen MR) is 100.0 cm³/mol. The molecule has 0 unspecified atom stereocenters. The number of sulfonamides is 1. The summed E-state index contributed by atoms with van der Waals surface area (Å²) in [6, 6.07) is 4.59. The van der Waals surface area contributed by atoms with Gasteiger partial charge in [-0.05, 0) is 37.5 Å². The largest absolute Gasteiger partial charge is 0.495 e. The van der Waals surface area contributed by atoms with E-state index in [1.165, 1.54) is 23.5 Å². The molecule has 2 rings (SSSR count). The van der Waals surface area contributed by atoms with Crippen LogP contribution in [0.4, 0.5) is 5.69 Å². The molecule has 0 radical (unpaired) electrons. The topological polar surface area (TPSA) is 84.9 Å². The molecule has 8 heteroatoms. The summed E-state index contributed by atoms with van der Waals surface area (Å²) in [6.07, 6.45) is 4.74. The van der Waals surface area contributed by atoms with E-state index in [1.807, 2.05) is 0 Å². The van der Waals surface area contributed by atoms with Crippen molar-refractivity contribution in [1.29, 1.82) is 0 Å². The van der Waals surface area contributed by atoms with E-state index in [9.17, 15) is 13.2 Å². The molecule has 1 aromatic rings. The average Bonchev–Trinajstić information content (AvgIpc) is 2.92. The Morgan fingerprint density at radius 2 is 1.85 bits per heavy atom. The van der Waals surface area contributed by atoms with Crippen molar-refractivity contribution in [2.75, 3.05) is 39.2 Å². The van der Waals surface area contributed by atoms with E-state index < -0.39 is 10.0 Å². The van der Waals surface area contributed by atoms with Gasteiger partial charge in [0.25, 0.3) is 0 Å². The molecule has 1 aliphatic heterocycles. The van der Waals surface area contributed by atoms with Crippen LogP contribution in [0.25, 0.3) is 0 Å². The third-order valence-electron chi connectivity index (χ3n) is 4.40. The number of carbonyl (C=O) groups excluding carboxylic acids is 1. The van der Waals surface area contributed by atoms with Gasteiger partial charge in [0.2, 0.25) is 15.9 Å². The number of methoxy groups -OCH3 is 2. The number of anilines is 1. The second-order valence-corrected chi connectivity index (χ2v) is 8.26. The van der Waals surface area contributed by atoms with Crippen molar-refractivity contribution in [2.45, 2.75) is 43.4 Å². The van der Waals surface area contributed by atoms with Crippen LogP contribution in [0.2, 0.25) is 0 Å². The van der Waals surface area contributed by atoms with Crippen molar-refractivity contribution < 1.29 is 22.7 Å². The normalized spacial score (nSPS) is 16.1. The number of hydrogen-bond donors (Lipinski definition) is 1. The molecule has 0 aromatic heterocycles. The minimum absolute atomic E-state index is 0.174. The van der Waals surface area contributed by atoms with Crippen molar-refractivity contribution in [3.8, 4) is 5.75 Å². The molecule has 0 bridgehead atoms. The Morgan fingerprint density at radius 3 is 2.46 bits per heavy atom. The summed E-state index contributed by atoms with van der Waals surface area (Å²) in [5.41, 5.74) is 0.366. The molecule has 146 valence electrons. The van der Waals surface area contributed by atoms with Crippen molar-refractivity contribution in [1.82, 2.24) is 4.31 Å². The van der Waals surface area contributed by atoms with Crippen LogP contribution >= 0.6 is 0 Å². The van der Waals surface area contributed by atoms with Crippen molar-refractivity contribution >= 4 is 21.6 Å². The number of benzene rings is 1. The fourth-order valence-corrected chi connectivity index (χ4v) is 4.51. The van der Waals surface area contributed by atoms with E-state index in [1.54, 1.807) is 13.2 Å². The van der Waals surface area contributed by atoms with E-state index >= 15 is 0 Å². The number of rotatable bonds is 8. The highest BCUT2D eigenvalue weighted by Gasteiger charge is 2.26. The van der Waals surface area contributed by atoms with Gasteiger partial charge in [0, 0.05) is 33.2 Å². The molecule has 0 saturated carbocycles. The van der Waals surface area contributed by atoms with E-state index in [0.717, 1.165) is 25.7 Å². The molecule has 26 heavy (non-hydrogen) atoms. The fraction of sp³-hybridized carbons (Fsp3) is 0.611. The van der Waals surface area contributed by atoms with Crippen LogP contribution in [0.1, 0.15) is 38.5 Å². The van der Waals surface area contributed by atoms with Crippen molar-refractivity contribution in [2.24, 2.45) is 0 Å². The second-order valence-electron chi connectivity index (χ2n) is 6.32. The third-order valence-corrected chi connectivity index (χ3v) is 6.29. The molecule has 0 atom stereocenters. The van der Waals surface area contributed by atoms with E-state index in [-0.39, 0.29) is 10.8 Å². The van der Waals surface area contributed by atoms with Gasteiger partial charge in [-0.15, -0.1) is 0 Å². The Kier molecular flexibility index (Phi) is 7.86. The summed E-state index contributed by atoms with van der Waals surface area (Å²) in [5.74, 6) is 0.226. The quantitative estimate of drug-likeness (QED) is 0.697. The van der Waals surface area contributed by atoms with Gasteiger partial charge in [-0.25, -0.2) is 8.42 Å². The molecular formula is C18H28N2O5S. The van der Waals surface area contributed by atoms with Crippen molar-refractivity contribution in [3.63, 3.8) is 0 Å². The summed E-state index contributed by atoms with van der Waals surface area (Å²) < 4.78 is 37.6. The summed E-state index contributed by atoms with van der Waals surface area (Å²) in [6.45, 7) is 1.56. The predicted octanol–water partition coefficient (Wildman–Crippen LogP) is 2.63. The smallest absolute Gasteiger partial charge is 0.243 e. The highest BCUT2D eigenvalue weighted by molar-refractivity contribution is 7.89. The maximum Gasteiger partial charge on any atom is 0.243 e. The van der Waals surface area contributed by atoms with Crippen LogP contribution in [0.5, 0.6) is 5.75 Å². The van der Waals surface area contributed by atoms with Gasteiger partial charge in [-0.3, -0.25) is 4.79 Å². The van der Waals surface area contributed by atoms with Crippen LogP contribution in [-0.2, 0) is 19.6 Å². The molecule has 1 heterocycles. The van der Waals surface area contributed by atoms with Gasteiger partial charge < -0.3 is 14.8 Å². The maximum atomic E-state index is 12.9. The first kappa shape index (κ1) is 20.7. The lowest BCUT2D eigenvalue weighted by atomic mass is 10.2. The summed E-state index contributed by atoms with van der Waals surface area (Å²) in [4.78, 5) is 12.3. The van der Waals surface area contributed by atoms with Gasteiger partial charge in [-0.1, -0.05) is 12.8 Å². The number of nitrogens with zero attached hydrogens (tertiary/aromatic N) is 1. The van der Waals surface area contributed by atoms with E-state index in [4.69, 9.17) is 9.47 Å². The molecule has 1 amide bonds. The van der Waals surface area contributed by atoms with E-state index in [2.05, 4.69) is 5.32 Å². The zero-order valence-corrected chi connectivity index (χ0v) is 16.3. The van der Waals surface area contributed by atoms with E-state index in [0.29, 0.717) is 44.0 Å². The van der Waals surface area contributed by atoms with Gasteiger partial charge in [0.05, 0.1) is 17.7 Å². The minimum Gasteiger partial charge on any atom is -0.495 e. The molecule has 0 spiro atoms. The standard InChI is InChI=1S/C18H28N2O5S/c1-24-13-7-8-18(21)19-16-14-15(9-10-17(16)25-2)26(22,23)20-11-5-3-4-6-12-20/h9-10,14H,3-8,11-13H2,1-2H3,(H,19,21). The number of hydrogen-bond acceptors (Lipinski definition) is 5. The summed E-state index contributed by atoms with van der Waals surface area (Å²) >= 11 is 0. The van der Waals surface area contributed by atoms with Crippen LogP contribution in [0.3, 0.4) is 0 Å². The number of nitrogens with one attached hydrogen (secondary N) is 1. The van der Waals surface area contributed by atoms with Crippen LogP contribution in [0, 0.1) is 0 Å². The van der Waals surface area contributed by atoms with Crippen LogP contribution in [0.15, 0.2) is 23.1 Å². The first-order valence-electron chi connectivity index (χ1n) is 8.96. The molecular weight excluding hydrogens is 356 g/mol. The number of ether oxygens (including phenoxy) is 2. The lowest BCUT2D eigenvalue weighted by molar-refractivity contribution is -0.116. The molecule has 1 aromatic carbocycles. The molecule has 1 aliphatic rings. The van der Waals surface area contributed by atoms with Gasteiger partial charge in [0.1, 0.15) is 5.75 Å². The Morgan fingerprint density at radius 1 is 1.15 bits per heavy atom. The Balaban J connectivity index is 2.20. The van der Waals surface area contributed by atoms with Crippen LogP contribution in [-0.4, -0.2) is 52.5 Å². The first-order valence-corrected chi connectivity index (χ1v) is 10.4. The third kappa shape index (κ3) is 5.43. The number of amides is 1. The SMILES string of the molecule is COCCCC(=O)Nc1cc(S(=O)(=O)N2CCCCCC2)ccc1OC. The zero-order valence-electron chi connectivity index (χ0n) is 15.5. The Bertz CT molecular complexity index is 698. The molecule has 7 nitrogen and oxygen atoms in total. The minimum atomic E-state index is -3.58. The average molecular weight is 384 g/mol. The van der Waals surface area contributed by atoms with Gasteiger partial charge >= 0.3 is 0 Å². The maximum absolute atomic E-state index is 12.9. The highest BCUT2D eigenvalue weighted by atomic mass is 32.2. The Labute approximate surface area is 155 Å². The lowest BCUT2D eigenvalue weighted by Crippen LogP contribution is -2.32. The van der Waals surface area contributed by atoms with Crippen molar-refractivity contribution in [3.05, 3.63) is 18.2 Å². The fourth-order valence-electron chi connectivity index (χ4n) is 2.97.